The van der Waals surface area contributed by atoms with Crippen LogP contribution in [0.15, 0.2) is 42.5 Å². The molecule has 1 aliphatic heterocycles. The molecule has 0 saturated heterocycles. The summed E-state index contributed by atoms with van der Waals surface area (Å²) in [4.78, 5) is 0. The molecule has 2 aliphatic rings. The van der Waals surface area contributed by atoms with Gasteiger partial charge in [0, 0.05) is 20.1 Å². The van der Waals surface area contributed by atoms with E-state index in [-0.39, 0.29) is 0 Å². The molecule has 1 aliphatic carbocycles. The second-order valence-electron chi connectivity index (χ2n) is 6.60. The SMILES string of the molecule is CN1c2cc(-c3cccc(CN)c3)ccc2N(CC2CC2)S1(O)O. The molecule has 2 aromatic carbocycles. The lowest BCUT2D eigenvalue weighted by atomic mass is 10.0. The summed E-state index contributed by atoms with van der Waals surface area (Å²) < 4.78 is 24.7. The molecule has 4 N–H and O–H groups in total. The van der Waals surface area contributed by atoms with E-state index in [4.69, 9.17) is 5.73 Å². The van der Waals surface area contributed by atoms with Crippen LogP contribution < -0.4 is 14.3 Å². The lowest BCUT2D eigenvalue weighted by Crippen LogP contribution is -2.32. The number of anilines is 2. The second-order valence-corrected chi connectivity index (χ2v) is 8.57. The summed E-state index contributed by atoms with van der Waals surface area (Å²) in [5, 5.41) is 0. The summed E-state index contributed by atoms with van der Waals surface area (Å²) in [6.45, 7) is 1.22. The minimum Gasteiger partial charge on any atom is -0.326 e. The van der Waals surface area contributed by atoms with Crippen LogP contribution in [0.2, 0.25) is 0 Å². The molecule has 0 bridgehead atoms. The van der Waals surface area contributed by atoms with E-state index in [0.29, 0.717) is 19.0 Å². The Morgan fingerprint density at radius 3 is 2.54 bits per heavy atom. The summed E-state index contributed by atoms with van der Waals surface area (Å²) in [6.07, 6.45) is 2.35. The van der Waals surface area contributed by atoms with E-state index >= 15 is 0 Å². The molecule has 6 heteroatoms. The zero-order chi connectivity index (χ0) is 16.9. The van der Waals surface area contributed by atoms with Crippen molar-refractivity contribution in [3.8, 4) is 11.1 Å². The van der Waals surface area contributed by atoms with Crippen molar-refractivity contribution in [1.29, 1.82) is 0 Å². The third kappa shape index (κ3) is 2.56. The van der Waals surface area contributed by atoms with Gasteiger partial charge in [0.15, 0.2) is 0 Å². The van der Waals surface area contributed by atoms with E-state index in [1.807, 2.05) is 30.3 Å². The van der Waals surface area contributed by atoms with E-state index in [1.54, 1.807) is 15.7 Å². The minimum absolute atomic E-state index is 0.508. The molecular formula is C18H23N3O2S. The lowest BCUT2D eigenvalue weighted by molar-refractivity contribution is 0.481. The molecule has 0 unspecified atom stereocenters. The van der Waals surface area contributed by atoms with Crippen molar-refractivity contribution >= 4 is 22.3 Å². The molecular weight excluding hydrogens is 322 g/mol. The summed E-state index contributed by atoms with van der Waals surface area (Å²) in [5.41, 5.74) is 10.7. The quantitative estimate of drug-likeness (QED) is 0.779. The maximum absolute atomic E-state index is 10.6. The highest BCUT2D eigenvalue weighted by atomic mass is 32.3. The predicted molar refractivity (Wildman–Crippen MR) is 101 cm³/mol. The van der Waals surface area contributed by atoms with Crippen molar-refractivity contribution in [2.24, 2.45) is 11.7 Å². The summed E-state index contributed by atoms with van der Waals surface area (Å²) in [6, 6.07) is 14.2. The van der Waals surface area contributed by atoms with Crippen molar-refractivity contribution in [3.63, 3.8) is 0 Å². The minimum atomic E-state index is -2.95. The summed E-state index contributed by atoms with van der Waals surface area (Å²) >= 11 is 0. The first-order valence-electron chi connectivity index (χ1n) is 8.24. The average molecular weight is 345 g/mol. The number of nitrogens with zero attached hydrogens (tertiary/aromatic N) is 2. The maximum Gasteiger partial charge on any atom is 0.0840 e. The van der Waals surface area contributed by atoms with Crippen molar-refractivity contribution < 1.29 is 9.11 Å². The second kappa shape index (κ2) is 5.67. The standard InChI is InChI=1S/C18H23N3O2S/c1-20-18-10-16(15-4-2-3-14(9-15)11-19)7-8-17(18)21(24(20,22)23)12-13-5-6-13/h2-4,7-10,13,22-23H,5-6,11-12,19H2,1H3. The Morgan fingerprint density at radius 2 is 1.83 bits per heavy atom. The van der Waals surface area contributed by atoms with Gasteiger partial charge in [-0.15, -0.1) is 0 Å². The highest BCUT2D eigenvalue weighted by molar-refractivity contribution is 8.26. The van der Waals surface area contributed by atoms with Crippen LogP contribution in [0.5, 0.6) is 0 Å². The largest absolute Gasteiger partial charge is 0.326 e. The van der Waals surface area contributed by atoms with Gasteiger partial charge in [0.1, 0.15) is 0 Å². The van der Waals surface area contributed by atoms with Gasteiger partial charge >= 0.3 is 0 Å². The smallest absolute Gasteiger partial charge is 0.0840 e. The molecule has 0 radical (unpaired) electrons. The van der Waals surface area contributed by atoms with Crippen LogP contribution in [0.3, 0.4) is 0 Å². The lowest BCUT2D eigenvalue weighted by Gasteiger charge is -2.42. The Kier molecular flexibility index (Phi) is 3.73. The molecule has 1 fully saturated rings. The van der Waals surface area contributed by atoms with Crippen molar-refractivity contribution in [2.45, 2.75) is 19.4 Å². The third-order valence-electron chi connectivity index (χ3n) is 4.86. The number of hydrogen-bond donors (Lipinski definition) is 3. The highest BCUT2D eigenvalue weighted by Crippen LogP contribution is 2.61. The molecule has 2 aromatic rings. The van der Waals surface area contributed by atoms with Crippen LogP contribution in [0.25, 0.3) is 11.1 Å². The highest BCUT2D eigenvalue weighted by Gasteiger charge is 2.41. The van der Waals surface area contributed by atoms with Gasteiger partial charge in [-0.3, -0.25) is 17.7 Å². The number of benzene rings is 2. The molecule has 1 heterocycles. The molecule has 4 rings (SSSR count). The van der Waals surface area contributed by atoms with Gasteiger partial charge in [-0.25, -0.2) is 0 Å². The first kappa shape index (κ1) is 15.8. The van der Waals surface area contributed by atoms with E-state index in [0.717, 1.165) is 28.1 Å². The third-order valence-corrected chi connectivity index (χ3v) is 6.73. The maximum atomic E-state index is 10.6. The monoisotopic (exact) mass is 345 g/mol. The fourth-order valence-electron chi connectivity index (χ4n) is 3.19. The first-order valence-corrected chi connectivity index (χ1v) is 9.70. The van der Waals surface area contributed by atoms with Gasteiger partial charge < -0.3 is 5.73 Å². The fourth-order valence-corrected chi connectivity index (χ4v) is 4.72. The van der Waals surface area contributed by atoms with Crippen LogP contribution in [0.4, 0.5) is 11.4 Å². The van der Waals surface area contributed by atoms with E-state index in [2.05, 4.69) is 12.1 Å². The van der Waals surface area contributed by atoms with Crippen LogP contribution in [0, 0.1) is 5.92 Å². The molecule has 5 nitrogen and oxygen atoms in total. The van der Waals surface area contributed by atoms with Gasteiger partial charge in [-0.05, 0) is 64.6 Å². The average Bonchev–Trinajstić information content (AvgIpc) is 3.39. The Labute approximate surface area is 144 Å². The molecule has 0 spiro atoms. The van der Waals surface area contributed by atoms with Crippen LogP contribution in [-0.4, -0.2) is 22.7 Å². The number of hydrogen-bond acceptors (Lipinski definition) is 5. The Hall–Kier alpha value is -1.73. The van der Waals surface area contributed by atoms with Gasteiger partial charge in [0.2, 0.25) is 0 Å². The van der Waals surface area contributed by atoms with Gasteiger partial charge in [-0.2, -0.15) is 0 Å². The van der Waals surface area contributed by atoms with Crippen molar-refractivity contribution in [2.75, 3.05) is 22.2 Å². The predicted octanol–water partition coefficient (Wildman–Crippen LogP) is 4.06. The first-order chi connectivity index (χ1) is 11.5. The van der Waals surface area contributed by atoms with E-state index in [1.165, 1.54) is 12.8 Å². The fraction of sp³-hybridized carbons (Fsp3) is 0.333. The van der Waals surface area contributed by atoms with E-state index in [9.17, 15) is 9.11 Å². The Bertz CT molecular complexity index is 777. The molecule has 0 aromatic heterocycles. The molecule has 128 valence electrons. The summed E-state index contributed by atoms with van der Waals surface area (Å²) in [7, 11) is -1.19. The van der Waals surface area contributed by atoms with Crippen LogP contribution in [0.1, 0.15) is 18.4 Å². The van der Waals surface area contributed by atoms with Gasteiger partial charge in [-0.1, -0.05) is 24.3 Å². The molecule has 24 heavy (non-hydrogen) atoms. The Morgan fingerprint density at radius 1 is 1.08 bits per heavy atom. The molecule has 0 amide bonds. The number of fused-ring (bicyclic) bond motifs is 1. The number of nitrogens with two attached hydrogens (primary N) is 1. The number of rotatable bonds is 4. The van der Waals surface area contributed by atoms with E-state index < -0.39 is 11.0 Å². The normalized spacial score (nSPS) is 20.2. The summed E-state index contributed by atoms with van der Waals surface area (Å²) in [5.74, 6) is 0.580. The van der Waals surface area contributed by atoms with Crippen molar-refractivity contribution in [3.05, 3.63) is 48.0 Å². The van der Waals surface area contributed by atoms with Gasteiger partial charge in [0.25, 0.3) is 0 Å². The zero-order valence-corrected chi connectivity index (χ0v) is 14.5. The molecule has 0 atom stereocenters. The van der Waals surface area contributed by atoms with Crippen LogP contribution in [-0.2, 0) is 6.54 Å². The van der Waals surface area contributed by atoms with Crippen molar-refractivity contribution in [1.82, 2.24) is 0 Å². The topological polar surface area (TPSA) is 73.0 Å². The van der Waals surface area contributed by atoms with Crippen LogP contribution >= 0.6 is 11.0 Å². The zero-order valence-electron chi connectivity index (χ0n) is 13.7. The van der Waals surface area contributed by atoms with Gasteiger partial charge in [0.05, 0.1) is 11.4 Å². The molecule has 1 saturated carbocycles. The Balaban J connectivity index is 1.74.